The summed E-state index contributed by atoms with van der Waals surface area (Å²) >= 11 is 0. The highest BCUT2D eigenvalue weighted by Gasteiger charge is 2.34. The summed E-state index contributed by atoms with van der Waals surface area (Å²) in [6, 6.07) is 27.2. The number of nitrogens with one attached hydrogen (secondary N) is 1. The highest BCUT2D eigenvalue weighted by atomic mass is 32.2. The van der Waals surface area contributed by atoms with Crippen LogP contribution in [0.5, 0.6) is 0 Å². The Morgan fingerprint density at radius 2 is 1.45 bits per heavy atom. The molecule has 1 atom stereocenters. The fraction of sp³-hybridized carbons (Fsp3) is 0.212. The predicted molar refractivity (Wildman–Crippen MR) is 162 cm³/mol. The lowest BCUT2D eigenvalue weighted by Gasteiger charge is -2.33. The van der Waals surface area contributed by atoms with Crippen molar-refractivity contribution in [1.82, 2.24) is 10.2 Å². The van der Waals surface area contributed by atoms with Crippen molar-refractivity contribution in [3.05, 3.63) is 131 Å². The third-order valence-electron chi connectivity index (χ3n) is 6.96. The molecule has 218 valence electrons. The maximum atomic E-state index is 14.2. The molecular weight excluding hydrogens is 553 g/mol. The van der Waals surface area contributed by atoms with Crippen LogP contribution in [0.1, 0.15) is 22.3 Å². The Labute approximate surface area is 246 Å². The zero-order chi connectivity index (χ0) is 30.3. The van der Waals surface area contributed by atoms with Crippen molar-refractivity contribution in [3.63, 3.8) is 0 Å². The number of halogens is 1. The lowest BCUT2D eigenvalue weighted by molar-refractivity contribution is -0.139. The van der Waals surface area contributed by atoms with Crippen molar-refractivity contribution in [2.45, 2.75) is 37.8 Å². The molecule has 0 bridgehead atoms. The summed E-state index contributed by atoms with van der Waals surface area (Å²) in [5.74, 6) is -1.50. The van der Waals surface area contributed by atoms with Crippen LogP contribution >= 0.6 is 0 Å². The SMILES string of the molecule is CNC(=O)C(Cc1ccccc1)N(Cc1cccc(C)c1)C(=O)CN(c1ccc(F)cc1)S(=O)(=O)c1ccc(C)cc1. The summed E-state index contributed by atoms with van der Waals surface area (Å²) in [5.41, 5.74) is 3.61. The molecule has 0 radical (unpaired) electrons. The van der Waals surface area contributed by atoms with Crippen LogP contribution < -0.4 is 9.62 Å². The molecule has 1 N–H and O–H groups in total. The first-order valence-corrected chi connectivity index (χ1v) is 15.0. The second-order valence-corrected chi connectivity index (χ2v) is 12.0. The molecule has 1 unspecified atom stereocenters. The van der Waals surface area contributed by atoms with E-state index in [0.29, 0.717) is 0 Å². The highest BCUT2D eigenvalue weighted by Crippen LogP contribution is 2.26. The molecule has 0 aliphatic carbocycles. The van der Waals surface area contributed by atoms with Gasteiger partial charge in [0.2, 0.25) is 11.8 Å². The van der Waals surface area contributed by atoms with Gasteiger partial charge in [-0.05, 0) is 61.4 Å². The van der Waals surface area contributed by atoms with Crippen LogP contribution in [0.3, 0.4) is 0 Å². The number of carbonyl (C=O) groups is 2. The maximum Gasteiger partial charge on any atom is 0.264 e. The molecule has 0 saturated heterocycles. The molecule has 0 spiro atoms. The van der Waals surface area contributed by atoms with Gasteiger partial charge in [0.1, 0.15) is 18.4 Å². The number of nitrogens with zero attached hydrogens (tertiary/aromatic N) is 2. The van der Waals surface area contributed by atoms with E-state index < -0.39 is 34.3 Å². The lowest BCUT2D eigenvalue weighted by Crippen LogP contribution is -2.53. The van der Waals surface area contributed by atoms with Crippen molar-refractivity contribution in [2.24, 2.45) is 0 Å². The van der Waals surface area contributed by atoms with Crippen LogP contribution in [0, 0.1) is 19.7 Å². The van der Waals surface area contributed by atoms with E-state index in [1.54, 1.807) is 12.1 Å². The Bertz CT molecular complexity index is 1630. The fourth-order valence-corrected chi connectivity index (χ4v) is 6.12. The maximum absolute atomic E-state index is 14.2. The van der Waals surface area contributed by atoms with Gasteiger partial charge in [-0.1, -0.05) is 77.9 Å². The quantitative estimate of drug-likeness (QED) is 0.267. The van der Waals surface area contributed by atoms with Crippen LogP contribution in [0.25, 0.3) is 0 Å². The van der Waals surface area contributed by atoms with Gasteiger partial charge in [0.25, 0.3) is 10.0 Å². The van der Waals surface area contributed by atoms with Gasteiger partial charge in [0, 0.05) is 20.0 Å². The first kappa shape index (κ1) is 30.5. The van der Waals surface area contributed by atoms with Crippen LogP contribution in [-0.2, 0) is 32.6 Å². The minimum atomic E-state index is -4.24. The number of benzene rings is 4. The normalized spacial score (nSPS) is 11.9. The van der Waals surface area contributed by atoms with E-state index in [4.69, 9.17) is 0 Å². The molecule has 7 nitrogen and oxygen atoms in total. The molecule has 0 aliphatic rings. The Hall–Kier alpha value is -4.50. The number of amides is 2. The standard InChI is InChI=1S/C33H34FN3O4S/c1-24-12-18-30(19-13-24)42(40,41)37(29-16-14-28(34)15-17-29)23-32(38)36(22-27-11-7-8-25(2)20-27)31(33(39)35-3)21-26-9-5-4-6-10-26/h4-20,31H,21-23H2,1-3H3,(H,35,39). The summed E-state index contributed by atoms with van der Waals surface area (Å²) in [7, 11) is -2.74. The van der Waals surface area contributed by atoms with Crippen molar-refractivity contribution in [2.75, 3.05) is 17.9 Å². The summed E-state index contributed by atoms with van der Waals surface area (Å²) in [6.45, 7) is 3.25. The largest absolute Gasteiger partial charge is 0.357 e. The summed E-state index contributed by atoms with van der Waals surface area (Å²) in [6.07, 6.45) is 0.222. The molecule has 0 saturated carbocycles. The van der Waals surface area contributed by atoms with Gasteiger partial charge in [0.15, 0.2) is 0 Å². The van der Waals surface area contributed by atoms with E-state index >= 15 is 0 Å². The average molecular weight is 588 g/mol. The number of hydrogen-bond acceptors (Lipinski definition) is 4. The molecule has 2 amide bonds. The molecule has 4 rings (SSSR count). The molecule has 4 aromatic carbocycles. The number of likely N-dealkylation sites (N-methyl/N-ethyl adjacent to an activating group) is 1. The van der Waals surface area contributed by atoms with E-state index in [1.807, 2.05) is 68.4 Å². The van der Waals surface area contributed by atoms with Crippen molar-refractivity contribution in [3.8, 4) is 0 Å². The zero-order valence-electron chi connectivity index (χ0n) is 23.8. The zero-order valence-corrected chi connectivity index (χ0v) is 24.6. The number of aryl methyl sites for hydroxylation is 2. The van der Waals surface area contributed by atoms with Gasteiger partial charge >= 0.3 is 0 Å². The lowest BCUT2D eigenvalue weighted by atomic mass is 10.0. The molecular formula is C33H34FN3O4S. The van der Waals surface area contributed by atoms with Crippen LogP contribution in [0.15, 0.2) is 108 Å². The molecule has 42 heavy (non-hydrogen) atoms. The Kier molecular flexibility index (Phi) is 9.75. The monoisotopic (exact) mass is 587 g/mol. The average Bonchev–Trinajstić information content (AvgIpc) is 2.98. The first-order chi connectivity index (χ1) is 20.1. The summed E-state index contributed by atoms with van der Waals surface area (Å²) in [4.78, 5) is 28.9. The fourth-order valence-electron chi connectivity index (χ4n) is 4.70. The van der Waals surface area contributed by atoms with Gasteiger partial charge in [-0.15, -0.1) is 0 Å². The second-order valence-electron chi connectivity index (χ2n) is 10.1. The second kappa shape index (κ2) is 13.4. The van der Waals surface area contributed by atoms with Crippen molar-refractivity contribution >= 4 is 27.5 Å². The van der Waals surface area contributed by atoms with Gasteiger partial charge in [-0.2, -0.15) is 0 Å². The highest BCUT2D eigenvalue weighted by molar-refractivity contribution is 7.92. The van der Waals surface area contributed by atoms with E-state index in [-0.39, 0.29) is 29.5 Å². The number of anilines is 1. The smallest absolute Gasteiger partial charge is 0.264 e. The summed E-state index contributed by atoms with van der Waals surface area (Å²) in [5, 5.41) is 2.66. The molecule has 0 aromatic heterocycles. The first-order valence-electron chi connectivity index (χ1n) is 13.5. The Morgan fingerprint density at radius 3 is 2.07 bits per heavy atom. The van der Waals surface area contributed by atoms with Gasteiger partial charge in [-0.25, -0.2) is 12.8 Å². The molecule has 9 heteroatoms. The predicted octanol–water partition coefficient (Wildman–Crippen LogP) is 5.02. The van der Waals surface area contributed by atoms with Crippen LogP contribution in [0.2, 0.25) is 0 Å². The van der Waals surface area contributed by atoms with Crippen molar-refractivity contribution in [1.29, 1.82) is 0 Å². The van der Waals surface area contributed by atoms with Crippen LogP contribution in [-0.4, -0.2) is 44.8 Å². The molecule has 0 aliphatic heterocycles. The Balaban J connectivity index is 1.78. The third kappa shape index (κ3) is 7.41. The Morgan fingerprint density at radius 1 is 0.810 bits per heavy atom. The minimum Gasteiger partial charge on any atom is -0.357 e. The molecule has 4 aromatic rings. The van der Waals surface area contributed by atoms with Crippen LogP contribution in [0.4, 0.5) is 10.1 Å². The van der Waals surface area contributed by atoms with E-state index in [1.165, 1.54) is 36.2 Å². The number of rotatable bonds is 11. The topological polar surface area (TPSA) is 86.8 Å². The van der Waals surface area contributed by atoms with Gasteiger partial charge in [-0.3, -0.25) is 13.9 Å². The van der Waals surface area contributed by atoms with Crippen molar-refractivity contribution < 1.29 is 22.4 Å². The summed E-state index contributed by atoms with van der Waals surface area (Å²) < 4.78 is 42.6. The van der Waals surface area contributed by atoms with Gasteiger partial charge in [0.05, 0.1) is 10.6 Å². The number of carbonyl (C=O) groups excluding carboxylic acids is 2. The van der Waals surface area contributed by atoms with E-state index in [0.717, 1.165) is 38.7 Å². The number of sulfonamides is 1. The van der Waals surface area contributed by atoms with Gasteiger partial charge < -0.3 is 10.2 Å². The molecule has 0 fully saturated rings. The minimum absolute atomic E-state index is 0.0115. The number of hydrogen-bond donors (Lipinski definition) is 1. The van der Waals surface area contributed by atoms with E-state index in [2.05, 4.69) is 5.32 Å². The van der Waals surface area contributed by atoms with E-state index in [9.17, 15) is 22.4 Å². The molecule has 0 heterocycles. The third-order valence-corrected chi connectivity index (χ3v) is 8.74.